The first kappa shape index (κ1) is 12.7. The normalized spacial score (nSPS) is 11.4. The lowest BCUT2D eigenvalue weighted by atomic mass is 9.77. The maximum Gasteiger partial charge on any atom is 0.309 e. The Hall–Kier alpha value is -1.38. The zero-order valence-electron chi connectivity index (χ0n) is 9.94. The smallest absolute Gasteiger partial charge is 0.309 e. The molecule has 1 rings (SSSR count). The molecule has 88 valence electrons. The summed E-state index contributed by atoms with van der Waals surface area (Å²) in [6.45, 7) is 3.89. The van der Waals surface area contributed by atoms with E-state index in [4.69, 9.17) is 0 Å². The molecular formula is C13H19NO2. The van der Waals surface area contributed by atoms with Gasteiger partial charge in [-0.05, 0) is 37.3 Å². The largest absolute Gasteiger partial charge is 0.481 e. The summed E-state index contributed by atoms with van der Waals surface area (Å²) >= 11 is 0. The zero-order valence-corrected chi connectivity index (χ0v) is 9.94. The number of aliphatic carboxylic acids is 1. The van der Waals surface area contributed by atoms with Crippen LogP contribution in [0.1, 0.15) is 38.7 Å². The number of aryl methyl sites for hydroxylation is 1. The van der Waals surface area contributed by atoms with Gasteiger partial charge < -0.3 is 5.11 Å². The highest BCUT2D eigenvalue weighted by Crippen LogP contribution is 2.32. The SMILES string of the molecule is CCC(CC)(CCc1cccnc1)C(=O)O. The van der Waals surface area contributed by atoms with Crippen LogP contribution >= 0.6 is 0 Å². The van der Waals surface area contributed by atoms with E-state index >= 15 is 0 Å². The molecule has 1 aromatic heterocycles. The number of hydrogen-bond donors (Lipinski definition) is 1. The minimum absolute atomic E-state index is 0.574. The van der Waals surface area contributed by atoms with Crippen LogP contribution < -0.4 is 0 Å². The molecule has 0 radical (unpaired) electrons. The first-order chi connectivity index (χ1) is 7.64. The molecule has 3 nitrogen and oxygen atoms in total. The highest BCUT2D eigenvalue weighted by atomic mass is 16.4. The van der Waals surface area contributed by atoms with Gasteiger partial charge in [-0.1, -0.05) is 19.9 Å². The van der Waals surface area contributed by atoms with Gasteiger partial charge in [-0.25, -0.2) is 0 Å². The quantitative estimate of drug-likeness (QED) is 0.803. The number of carboxylic acids is 1. The van der Waals surface area contributed by atoms with E-state index < -0.39 is 11.4 Å². The molecule has 1 N–H and O–H groups in total. The Balaban J connectivity index is 2.67. The van der Waals surface area contributed by atoms with Crippen molar-refractivity contribution in [2.45, 2.75) is 39.5 Å². The van der Waals surface area contributed by atoms with Crippen molar-refractivity contribution in [1.82, 2.24) is 4.98 Å². The van der Waals surface area contributed by atoms with Crippen LogP contribution in [0.2, 0.25) is 0 Å². The van der Waals surface area contributed by atoms with Crippen molar-refractivity contribution >= 4 is 5.97 Å². The molecule has 0 saturated heterocycles. The number of pyridine rings is 1. The predicted octanol–water partition coefficient (Wildman–Crippen LogP) is 2.91. The van der Waals surface area contributed by atoms with Crippen LogP contribution in [0.4, 0.5) is 0 Å². The van der Waals surface area contributed by atoms with Crippen LogP contribution in [-0.4, -0.2) is 16.1 Å². The molecule has 1 heterocycles. The van der Waals surface area contributed by atoms with E-state index in [0.717, 1.165) is 12.0 Å². The Kier molecular flexibility index (Phi) is 4.47. The van der Waals surface area contributed by atoms with Crippen molar-refractivity contribution in [2.75, 3.05) is 0 Å². The topological polar surface area (TPSA) is 50.2 Å². The highest BCUT2D eigenvalue weighted by Gasteiger charge is 2.34. The molecule has 0 amide bonds. The van der Waals surface area contributed by atoms with E-state index in [-0.39, 0.29) is 0 Å². The van der Waals surface area contributed by atoms with Crippen molar-refractivity contribution in [3.63, 3.8) is 0 Å². The molecule has 0 bridgehead atoms. The minimum atomic E-state index is -0.679. The number of carboxylic acid groups (broad SMARTS) is 1. The highest BCUT2D eigenvalue weighted by molar-refractivity contribution is 5.74. The number of hydrogen-bond acceptors (Lipinski definition) is 2. The summed E-state index contributed by atoms with van der Waals surface area (Å²) in [6.07, 6.45) is 6.35. The summed E-state index contributed by atoms with van der Waals surface area (Å²) in [5.74, 6) is -0.679. The summed E-state index contributed by atoms with van der Waals surface area (Å²) in [7, 11) is 0. The maximum atomic E-state index is 11.3. The first-order valence-electron chi connectivity index (χ1n) is 5.77. The Morgan fingerprint density at radius 1 is 1.44 bits per heavy atom. The molecule has 0 fully saturated rings. The van der Waals surface area contributed by atoms with E-state index in [1.54, 1.807) is 12.4 Å². The summed E-state index contributed by atoms with van der Waals surface area (Å²) in [4.78, 5) is 15.3. The molecular weight excluding hydrogens is 202 g/mol. The van der Waals surface area contributed by atoms with Crippen molar-refractivity contribution in [1.29, 1.82) is 0 Å². The van der Waals surface area contributed by atoms with Crippen LogP contribution in [-0.2, 0) is 11.2 Å². The molecule has 0 atom stereocenters. The second kappa shape index (κ2) is 5.64. The van der Waals surface area contributed by atoms with Gasteiger partial charge >= 0.3 is 5.97 Å². The molecule has 0 saturated carbocycles. The fraction of sp³-hybridized carbons (Fsp3) is 0.538. The minimum Gasteiger partial charge on any atom is -0.481 e. The van der Waals surface area contributed by atoms with Crippen molar-refractivity contribution < 1.29 is 9.90 Å². The lowest BCUT2D eigenvalue weighted by Gasteiger charge is -2.26. The Labute approximate surface area is 96.5 Å². The predicted molar refractivity (Wildman–Crippen MR) is 63.2 cm³/mol. The summed E-state index contributed by atoms with van der Waals surface area (Å²) in [5, 5.41) is 9.29. The third kappa shape index (κ3) is 2.81. The zero-order chi connectivity index (χ0) is 12.0. The Morgan fingerprint density at radius 3 is 2.56 bits per heavy atom. The van der Waals surface area contributed by atoms with Crippen molar-refractivity contribution in [3.05, 3.63) is 30.1 Å². The standard InChI is InChI=1S/C13H19NO2/c1-3-13(4-2,12(15)16)8-7-11-6-5-9-14-10-11/h5-6,9-10H,3-4,7-8H2,1-2H3,(H,15,16). The van der Waals surface area contributed by atoms with Crippen LogP contribution in [0.15, 0.2) is 24.5 Å². The molecule has 1 aromatic rings. The van der Waals surface area contributed by atoms with Gasteiger partial charge in [-0.3, -0.25) is 9.78 Å². The average molecular weight is 221 g/mol. The maximum absolute atomic E-state index is 11.3. The molecule has 0 aliphatic carbocycles. The van der Waals surface area contributed by atoms with Crippen molar-refractivity contribution in [2.24, 2.45) is 5.41 Å². The molecule has 0 aromatic carbocycles. The van der Waals surface area contributed by atoms with Gasteiger partial charge in [0.15, 0.2) is 0 Å². The van der Waals surface area contributed by atoms with E-state index in [1.807, 2.05) is 26.0 Å². The first-order valence-corrected chi connectivity index (χ1v) is 5.77. The number of aromatic nitrogens is 1. The van der Waals surface area contributed by atoms with Crippen molar-refractivity contribution in [3.8, 4) is 0 Å². The number of carbonyl (C=O) groups is 1. The number of rotatable bonds is 6. The van der Waals surface area contributed by atoms with Gasteiger partial charge in [0.2, 0.25) is 0 Å². The molecule has 16 heavy (non-hydrogen) atoms. The van der Waals surface area contributed by atoms with E-state index in [9.17, 15) is 9.90 Å². The number of nitrogens with zero attached hydrogens (tertiary/aromatic N) is 1. The third-order valence-electron chi connectivity index (χ3n) is 3.42. The van der Waals surface area contributed by atoms with E-state index in [1.165, 1.54) is 0 Å². The second-order valence-electron chi connectivity index (χ2n) is 4.15. The molecule has 0 unspecified atom stereocenters. The third-order valence-corrected chi connectivity index (χ3v) is 3.42. The van der Waals surface area contributed by atoms with E-state index in [2.05, 4.69) is 4.98 Å². The Bertz CT molecular complexity index is 331. The van der Waals surface area contributed by atoms with Gasteiger partial charge in [-0.2, -0.15) is 0 Å². The van der Waals surface area contributed by atoms with Crippen LogP contribution in [0.5, 0.6) is 0 Å². The van der Waals surface area contributed by atoms with Crippen LogP contribution in [0, 0.1) is 5.41 Å². The second-order valence-corrected chi connectivity index (χ2v) is 4.15. The van der Waals surface area contributed by atoms with Gasteiger partial charge in [0.05, 0.1) is 5.41 Å². The lowest BCUT2D eigenvalue weighted by Crippen LogP contribution is -2.30. The van der Waals surface area contributed by atoms with Gasteiger partial charge in [0, 0.05) is 12.4 Å². The summed E-state index contributed by atoms with van der Waals surface area (Å²) in [5.41, 5.74) is 0.533. The van der Waals surface area contributed by atoms with Gasteiger partial charge in [0.1, 0.15) is 0 Å². The fourth-order valence-corrected chi connectivity index (χ4v) is 1.94. The summed E-state index contributed by atoms with van der Waals surface area (Å²) in [6, 6.07) is 3.88. The molecule has 0 spiro atoms. The average Bonchev–Trinajstić information content (AvgIpc) is 2.32. The molecule has 0 aliphatic rings. The summed E-state index contributed by atoms with van der Waals surface area (Å²) < 4.78 is 0. The molecule has 0 aliphatic heterocycles. The monoisotopic (exact) mass is 221 g/mol. The fourth-order valence-electron chi connectivity index (χ4n) is 1.94. The van der Waals surface area contributed by atoms with E-state index in [0.29, 0.717) is 19.3 Å². The molecule has 3 heteroatoms. The van der Waals surface area contributed by atoms with Crippen LogP contribution in [0.3, 0.4) is 0 Å². The van der Waals surface area contributed by atoms with Crippen LogP contribution in [0.25, 0.3) is 0 Å². The Morgan fingerprint density at radius 2 is 2.12 bits per heavy atom. The van der Waals surface area contributed by atoms with Gasteiger partial charge in [0.25, 0.3) is 0 Å². The lowest BCUT2D eigenvalue weighted by molar-refractivity contribution is -0.149. The van der Waals surface area contributed by atoms with Gasteiger partial charge in [-0.15, -0.1) is 0 Å².